The van der Waals surface area contributed by atoms with Gasteiger partial charge >= 0.3 is 154 Å². The second kappa shape index (κ2) is 25.8. The third-order valence-electron chi connectivity index (χ3n) is 3.99. The first-order chi connectivity index (χ1) is 12.2. The molecule has 29 heavy (non-hydrogen) atoms. The van der Waals surface area contributed by atoms with Gasteiger partial charge in [0.2, 0.25) is 0 Å². The first kappa shape index (κ1) is 39.4. The third-order valence-corrected chi connectivity index (χ3v) is 3.99. The van der Waals surface area contributed by atoms with Crippen LogP contribution in [0.3, 0.4) is 0 Å². The molecule has 0 aromatic heterocycles. The van der Waals surface area contributed by atoms with Crippen LogP contribution < -0.4 is 169 Å². The second-order valence-electron chi connectivity index (χ2n) is 6.30. The Morgan fingerprint density at radius 3 is 1.52 bits per heavy atom. The van der Waals surface area contributed by atoms with E-state index < -0.39 is 24.0 Å². The van der Waals surface area contributed by atoms with Gasteiger partial charge in [-0.05, 0) is 25.7 Å². The summed E-state index contributed by atoms with van der Waals surface area (Å²) in [5.74, 6) is -3.65. The maximum Gasteiger partial charge on any atom is 1.00 e. The summed E-state index contributed by atoms with van der Waals surface area (Å²) in [5.41, 5.74) is 0. The Balaban J connectivity index is -0.00000104. The van der Waals surface area contributed by atoms with E-state index in [4.69, 9.17) is 0 Å². The van der Waals surface area contributed by atoms with Crippen molar-refractivity contribution >= 4 is 17.9 Å². The summed E-state index contributed by atoms with van der Waals surface area (Å²) >= 11 is 0. The van der Waals surface area contributed by atoms with Gasteiger partial charge in [-0.3, -0.25) is 4.90 Å². The van der Waals surface area contributed by atoms with Gasteiger partial charge in [-0.2, -0.15) is 0 Å². The minimum absolute atomic E-state index is 0. The number of aliphatic hydroxyl groups excluding tert-OH is 1. The van der Waals surface area contributed by atoms with Crippen LogP contribution in [0.5, 0.6) is 0 Å². The van der Waals surface area contributed by atoms with Crippen LogP contribution >= 0.6 is 0 Å². The first-order valence-corrected chi connectivity index (χ1v) is 8.96. The molecule has 1 unspecified atom stereocenters. The van der Waals surface area contributed by atoms with E-state index in [-0.39, 0.29) is 193 Å². The van der Waals surface area contributed by atoms with Gasteiger partial charge < -0.3 is 39.7 Å². The van der Waals surface area contributed by atoms with Crippen LogP contribution in [0.15, 0.2) is 0 Å². The minimum atomic E-state index is -1.23. The SMILES string of the molecule is CCCCC(O)CN(CCC(=O)[O-])CCN(CCC(=O)[O-])CCC(=O)[O-].[K+].[K+].[K+]. The van der Waals surface area contributed by atoms with Crippen LogP contribution in [0.25, 0.3) is 0 Å². The predicted molar refractivity (Wildman–Crippen MR) is 87.3 cm³/mol. The topological polar surface area (TPSA) is 147 Å². The number of hydrogen-bond donors (Lipinski definition) is 1. The van der Waals surface area contributed by atoms with Crippen LogP contribution in [0.1, 0.15) is 45.4 Å². The summed E-state index contributed by atoms with van der Waals surface area (Å²) in [7, 11) is 0. The molecule has 0 aromatic carbocycles. The van der Waals surface area contributed by atoms with Gasteiger partial charge in [0, 0.05) is 57.2 Å². The molecule has 0 rings (SSSR count). The molecular weight excluding hydrogens is 461 g/mol. The van der Waals surface area contributed by atoms with E-state index in [0.29, 0.717) is 26.1 Å². The average Bonchev–Trinajstić information content (AvgIpc) is 2.56. The molecule has 0 amide bonds. The van der Waals surface area contributed by atoms with E-state index in [1.54, 1.807) is 9.80 Å². The monoisotopic (exact) mass is 490 g/mol. The summed E-state index contributed by atoms with van der Waals surface area (Å²) in [6.07, 6.45) is 1.18. The summed E-state index contributed by atoms with van der Waals surface area (Å²) in [5, 5.41) is 42.0. The second-order valence-corrected chi connectivity index (χ2v) is 6.30. The van der Waals surface area contributed by atoms with Crippen LogP contribution in [-0.2, 0) is 14.4 Å². The maximum absolute atomic E-state index is 10.7. The van der Waals surface area contributed by atoms with Gasteiger partial charge in [0.1, 0.15) is 0 Å². The Kier molecular flexibility index (Phi) is 35.1. The number of carboxylic acids is 3. The fraction of sp³-hybridized carbons (Fsp3) is 0.824. The third kappa shape index (κ3) is 27.3. The van der Waals surface area contributed by atoms with E-state index >= 15 is 0 Å². The van der Waals surface area contributed by atoms with Crippen molar-refractivity contribution in [3.05, 3.63) is 0 Å². The number of carbonyl (C=O) groups excluding carboxylic acids is 3. The molecule has 12 heteroatoms. The molecule has 0 aliphatic rings. The van der Waals surface area contributed by atoms with Gasteiger partial charge in [0.15, 0.2) is 0 Å². The number of carbonyl (C=O) groups is 3. The fourth-order valence-corrected chi connectivity index (χ4v) is 2.49. The van der Waals surface area contributed by atoms with Crippen LogP contribution in [0.4, 0.5) is 0 Å². The first-order valence-electron chi connectivity index (χ1n) is 8.96. The van der Waals surface area contributed by atoms with Gasteiger partial charge in [0.25, 0.3) is 0 Å². The Labute approximate surface area is 301 Å². The molecule has 0 aliphatic carbocycles. The summed E-state index contributed by atoms with van der Waals surface area (Å²) in [4.78, 5) is 35.4. The van der Waals surface area contributed by atoms with Gasteiger partial charge in [-0.1, -0.05) is 19.8 Å². The van der Waals surface area contributed by atoms with E-state index in [1.807, 2.05) is 6.92 Å². The van der Waals surface area contributed by atoms with Crippen molar-refractivity contribution in [3.63, 3.8) is 0 Å². The number of hydrogen-bond acceptors (Lipinski definition) is 9. The number of unbranched alkanes of at least 4 members (excludes halogenated alkanes) is 1. The normalized spacial score (nSPS) is 11.2. The zero-order valence-corrected chi connectivity index (χ0v) is 27.7. The van der Waals surface area contributed by atoms with E-state index in [1.165, 1.54) is 0 Å². The molecule has 152 valence electrons. The predicted octanol–water partition coefficient (Wildman–Crippen LogP) is -12.4. The van der Waals surface area contributed by atoms with Crippen molar-refractivity contribution < 1.29 is 189 Å². The zero-order chi connectivity index (χ0) is 19.9. The quantitative estimate of drug-likeness (QED) is 0.196. The minimum Gasteiger partial charge on any atom is -0.550 e. The summed E-state index contributed by atoms with van der Waals surface area (Å²) in [6.45, 7) is 3.46. The molecule has 0 bridgehead atoms. The smallest absolute Gasteiger partial charge is 0.550 e. The molecular formula is C17H29K3N2O7. The molecule has 0 saturated heterocycles. The number of aliphatic hydroxyl groups is 1. The van der Waals surface area contributed by atoms with Crippen LogP contribution in [0, 0.1) is 0 Å². The summed E-state index contributed by atoms with van der Waals surface area (Å²) in [6, 6.07) is 0. The Morgan fingerprint density at radius 1 is 0.759 bits per heavy atom. The Hall–Kier alpha value is 3.20. The van der Waals surface area contributed by atoms with Crippen molar-refractivity contribution in [1.82, 2.24) is 9.80 Å². The van der Waals surface area contributed by atoms with Crippen molar-refractivity contribution in [2.45, 2.75) is 51.6 Å². The molecule has 0 radical (unpaired) electrons. The van der Waals surface area contributed by atoms with Crippen molar-refractivity contribution in [1.29, 1.82) is 0 Å². The average molecular weight is 491 g/mol. The molecule has 0 aromatic rings. The number of carboxylic acid groups (broad SMARTS) is 3. The fourth-order valence-electron chi connectivity index (χ4n) is 2.49. The van der Waals surface area contributed by atoms with Crippen molar-refractivity contribution in [2.24, 2.45) is 0 Å². The molecule has 1 N–H and O–H groups in total. The van der Waals surface area contributed by atoms with Crippen LogP contribution in [0.2, 0.25) is 0 Å². The molecule has 9 nitrogen and oxygen atoms in total. The standard InChI is InChI=1S/C17H32N2O7.3K/c1-2-3-4-14(20)13-19(10-7-17(25)26)12-11-18(8-5-15(21)22)9-6-16(23)24;;;/h14,20H,2-13H2,1H3,(H,21,22)(H,23,24)(H,25,26);;;/q;3*+1/p-3. The molecule has 0 fully saturated rings. The maximum atomic E-state index is 10.7. The molecule has 0 aliphatic heterocycles. The Morgan fingerprint density at radius 2 is 1.14 bits per heavy atom. The number of rotatable bonds is 17. The van der Waals surface area contributed by atoms with Gasteiger partial charge in [0.05, 0.1) is 6.10 Å². The summed E-state index contributed by atoms with van der Waals surface area (Å²) < 4.78 is 0. The van der Waals surface area contributed by atoms with Crippen LogP contribution in [-0.4, -0.2) is 78.2 Å². The largest absolute Gasteiger partial charge is 1.00 e. The van der Waals surface area contributed by atoms with Gasteiger partial charge in [-0.25, -0.2) is 0 Å². The Bertz CT molecular complexity index is 427. The van der Waals surface area contributed by atoms with Crippen molar-refractivity contribution in [3.8, 4) is 0 Å². The number of aliphatic carboxylic acids is 3. The van der Waals surface area contributed by atoms with Gasteiger partial charge in [-0.15, -0.1) is 0 Å². The molecule has 0 saturated carbocycles. The zero-order valence-electron chi connectivity index (χ0n) is 18.4. The van der Waals surface area contributed by atoms with E-state index in [2.05, 4.69) is 0 Å². The number of nitrogens with zero attached hydrogens (tertiary/aromatic N) is 2. The van der Waals surface area contributed by atoms with E-state index in [0.717, 1.165) is 12.8 Å². The van der Waals surface area contributed by atoms with Crippen molar-refractivity contribution in [2.75, 3.05) is 39.3 Å². The molecule has 0 heterocycles. The molecule has 0 spiro atoms. The van der Waals surface area contributed by atoms with E-state index in [9.17, 15) is 34.8 Å². The molecule has 1 atom stereocenters.